The zero-order valence-electron chi connectivity index (χ0n) is 11.9. The van der Waals surface area contributed by atoms with Gasteiger partial charge in [0.2, 0.25) is 0 Å². The zero-order chi connectivity index (χ0) is 13.8. The van der Waals surface area contributed by atoms with Crippen LogP contribution in [0.2, 0.25) is 0 Å². The van der Waals surface area contributed by atoms with Gasteiger partial charge in [-0.15, -0.1) is 0 Å². The molecule has 0 bridgehead atoms. The molecule has 0 fully saturated rings. The summed E-state index contributed by atoms with van der Waals surface area (Å²) in [6, 6.07) is 6.79. The maximum absolute atomic E-state index is 10.4. The van der Waals surface area contributed by atoms with Gasteiger partial charge in [0.15, 0.2) is 0 Å². The highest BCUT2D eigenvalue weighted by molar-refractivity contribution is 5.39. The van der Waals surface area contributed by atoms with E-state index in [1.54, 1.807) is 12.1 Å². The van der Waals surface area contributed by atoms with Crippen molar-refractivity contribution in [1.29, 1.82) is 0 Å². The van der Waals surface area contributed by atoms with Crippen molar-refractivity contribution in [2.75, 3.05) is 0 Å². The van der Waals surface area contributed by atoms with E-state index in [1.807, 2.05) is 26.8 Å². The molecule has 1 aromatic carbocycles. The number of nitro benzene ring substituents is 1. The highest BCUT2D eigenvalue weighted by atomic mass is 16.6. The van der Waals surface area contributed by atoms with Gasteiger partial charge in [0.1, 0.15) is 0 Å². The van der Waals surface area contributed by atoms with Crippen molar-refractivity contribution in [3.63, 3.8) is 0 Å². The van der Waals surface area contributed by atoms with Gasteiger partial charge in [-0.25, -0.2) is 0 Å². The van der Waals surface area contributed by atoms with Gasteiger partial charge in [0.25, 0.3) is 5.69 Å². The van der Waals surface area contributed by atoms with E-state index in [1.165, 1.54) is 6.07 Å². The Labute approximate surface area is 120 Å². The van der Waals surface area contributed by atoms with Crippen LogP contribution in [0.4, 0.5) is 5.69 Å². The third-order valence-electron chi connectivity index (χ3n) is 1.57. The van der Waals surface area contributed by atoms with Crippen molar-refractivity contribution in [2.45, 2.75) is 62.8 Å². The average molecular weight is 271 g/mol. The van der Waals surface area contributed by atoms with Gasteiger partial charge < -0.3 is 0 Å². The van der Waals surface area contributed by atoms with Gasteiger partial charge in [-0.2, -0.15) is 0 Å². The summed E-state index contributed by atoms with van der Waals surface area (Å²) < 4.78 is 0. The first-order valence-corrected chi connectivity index (χ1v) is 6.21. The fourth-order valence-electron chi connectivity index (χ4n) is 0.988. The molecule has 1 aromatic rings. The number of hydrogen-bond donors (Lipinski definition) is 0. The Morgan fingerprint density at radius 3 is 1.74 bits per heavy atom. The van der Waals surface area contributed by atoms with E-state index in [9.17, 15) is 10.1 Å². The van der Waals surface area contributed by atoms with Crippen LogP contribution in [0.25, 0.3) is 0 Å². The molecule has 0 unspecified atom stereocenters. The van der Waals surface area contributed by atoms with E-state index < -0.39 is 0 Å². The SMILES string of the molecule is C.C.CC.CC(C)C.CCc1ccccc1[N+](=O)[O-]. The molecule has 0 spiro atoms. The van der Waals surface area contributed by atoms with Crippen LogP contribution in [0.5, 0.6) is 0 Å². The highest BCUT2D eigenvalue weighted by Gasteiger charge is 2.08. The van der Waals surface area contributed by atoms with E-state index in [0.717, 1.165) is 11.5 Å². The van der Waals surface area contributed by atoms with E-state index in [4.69, 9.17) is 0 Å². The van der Waals surface area contributed by atoms with Crippen molar-refractivity contribution >= 4 is 5.69 Å². The fraction of sp³-hybridized carbons (Fsp3) is 0.625. The number of rotatable bonds is 2. The third-order valence-corrected chi connectivity index (χ3v) is 1.57. The molecule has 0 amide bonds. The van der Waals surface area contributed by atoms with Gasteiger partial charge in [0.05, 0.1) is 4.92 Å². The molecule has 3 nitrogen and oxygen atoms in total. The molecule has 0 aliphatic rings. The molecule has 0 aliphatic carbocycles. The lowest BCUT2D eigenvalue weighted by Crippen LogP contribution is -1.92. The fourth-order valence-corrected chi connectivity index (χ4v) is 0.988. The van der Waals surface area contributed by atoms with Crippen LogP contribution in [-0.4, -0.2) is 4.92 Å². The van der Waals surface area contributed by atoms with Crippen LogP contribution in [0.15, 0.2) is 24.3 Å². The van der Waals surface area contributed by atoms with Crippen LogP contribution in [0, 0.1) is 16.0 Å². The van der Waals surface area contributed by atoms with Crippen molar-refractivity contribution in [2.24, 2.45) is 5.92 Å². The molecule has 1 rings (SSSR count). The second kappa shape index (κ2) is 16.6. The Bertz CT molecular complexity index is 307. The Morgan fingerprint density at radius 2 is 1.47 bits per heavy atom. The molecule has 3 heteroatoms. The smallest absolute Gasteiger partial charge is 0.258 e. The van der Waals surface area contributed by atoms with E-state index in [-0.39, 0.29) is 25.5 Å². The summed E-state index contributed by atoms with van der Waals surface area (Å²) in [5, 5.41) is 10.4. The van der Waals surface area contributed by atoms with Crippen LogP contribution in [0.1, 0.15) is 62.0 Å². The van der Waals surface area contributed by atoms with Crippen LogP contribution in [-0.2, 0) is 6.42 Å². The molecule has 0 aliphatic heterocycles. The summed E-state index contributed by atoms with van der Waals surface area (Å²) in [6.45, 7) is 12.4. The molecule has 0 radical (unpaired) electrons. The number of aryl methyl sites for hydroxylation is 1. The molecule has 19 heavy (non-hydrogen) atoms. The topological polar surface area (TPSA) is 43.1 Å². The quantitative estimate of drug-likeness (QED) is 0.480. The number of para-hydroxylation sites is 1. The standard InChI is InChI=1S/C8H9NO2.C4H10.C2H6.2CH4/c1-2-7-5-3-4-6-8(7)9(10)11;1-4(2)3;1-2;;/h3-6H,2H2,1H3;4H,1-3H3;1-2H3;2*1H4. The first-order chi connectivity index (χ1) is 7.99. The van der Waals surface area contributed by atoms with Gasteiger partial charge in [-0.3, -0.25) is 10.1 Å². The molecule has 0 saturated heterocycles. The van der Waals surface area contributed by atoms with E-state index >= 15 is 0 Å². The Morgan fingerprint density at radius 1 is 1.11 bits per heavy atom. The lowest BCUT2D eigenvalue weighted by atomic mass is 10.1. The normalized spacial score (nSPS) is 7.74. The first-order valence-electron chi connectivity index (χ1n) is 6.21. The van der Waals surface area contributed by atoms with Crippen LogP contribution >= 0.6 is 0 Å². The predicted molar refractivity (Wildman–Crippen MR) is 87.8 cm³/mol. The van der Waals surface area contributed by atoms with Gasteiger partial charge in [0, 0.05) is 11.6 Å². The van der Waals surface area contributed by atoms with Crippen molar-refractivity contribution < 1.29 is 4.92 Å². The van der Waals surface area contributed by atoms with Crippen molar-refractivity contribution in [1.82, 2.24) is 0 Å². The van der Waals surface area contributed by atoms with Crippen LogP contribution < -0.4 is 0 Å². The second-order valence-electron chi connectivity index (χ2n) is 3.97. The Kier molecular flexibility index (Phi) is 23.0. The number of hydrogen-bond acceptors (Lipinski definition) is 2. The molecule has 0 aromatic heterocycles. The monoisotopic (exact) mass is 271 g/mol. The van der Waals surface area contributed by atoms with Crippen molar-refractivity contribution in [3.05, 3.63) is 39.9 Å². The maximum Gasteiger partial charge on any atom is 0.272 e. The Balaban J connectivity index is -0.000000123. The molecular formula is C16H33NO2. The summed E-state index contributed by atoms with van der Waals surface area (Å²) in [5.74, 6) is 0.833. The lowest BCUT2D eigenvalue weighted by Gasteiger charge is -1.96. The largest absolute Gasteiger partial charge is 0.272 e. The second-order valence-corrected chi connectivity index (χ2v) is 3.97. The number of nitrogens with zero attached hydrogens (tertiary/aromatic N) is 1. The summed E-state index contributed by atoms with van der Waals surface area (Å²) in [5.41, 5.74) is 1.01. The Hall–Kier alpha value is -1.38. The minimum atomic E-state index is -0.348. The van der Waals surface area contributed by atoms with E-state index in [0.29, 0.717) is 6.42 Å². The van der Waals surface area contributed by atoms with Crippen molar-refractivity contribution in [3.8, 4) is 0 Å². The van der Waals surface area contributed by atoms with Gasteiger partial charge >= 0.3 is 0 Å². The average Bonchev–Trinajstić information content (AvgIpc) is 2.31. The number of benzene rings is 1. The minimum absolute atomic E-state index is 0. The summed E-state index contributed by atoms with van der Waals surface area (Å²) in [7, 11) is 0. The summed E-state index contributed by atoms with van der Waals surface area (Å²) in [4.78, 5) is 10.0. The molecule has 0 atom stereocenters. The zero-order valence-corrected chi connectivity index (χ0v) is 11.9. The van der Waals surface area contributed by atoms with Crippen LogP contribution in [0.3, 0.4) is 0 Å². The summed E-state index contributed by atoms with van der Waals surface area (Å²) >= 11 is 0. The van der Waals surface area contributed by atoms with E-state index in [2.05, 4.69) is 20.8 Å². The van der Waals surface area contributed by atoms with Gasteiger partial charge in [-0.1, -0.05) is 74.6 Å². The third kappa shape index (κ3) is 14.6. The van der Waals surface area contributed by atoms with Gasteiger partial charge in [-0.05, 0) is 12.3 Å². The lowest BCUT2D eigenvalue weighted by molar-refractivity contribution is -0.385. The molecule has 0 heterocycles. The predicted octanol–water partition coefficient (Wildman–Crippen LogP) is 6.12. The molecule has 0 N–H and O–H groups in total. The minimum Gasteiger partial charge on any atom is -0.258 e. The molecular weight excluding hydrogens is 238 g/mol. The highest BCUT2D eigenvalue weighted by Crippen LogP contribution is 2.17. The summed E-state index contributed by atoms with van der Waals surface area (Å²) in [6.07, 6.45) is 0.706. The number of nitro groups is 1. The first kappa shape index (κ1) is 26.2. The molecule has 0 saturated carbocycles. The maximum atomic E-state index is 10.4. The molecule has 114 valence electrons.